The largest absolute Gasteiger partial charge is 0.330 e. The van der Waals surface area contributed by atoms with E-state index in [0.29, 0.717) is 17.3 Å². The summed E-state index contributed by atoms with van der Waals surface area (Å²) in [5, 5.41) is 11.3. The zero-order chi connectivity index (χ0) is 16.2. The molecular formula is C15H18Cl2N4OS2. The Morgan fingerprint density at radius 2 is 2.29 bits per heavy atom. The van der Waals surface area contributed by atoms with Gasteiger partial charge in [-0.05, 0) is 43.5 Å². The molecule has 0 bridgehead atoms. The number of anilines is 1. The summed E-state index contributed by atoms with van der Waals surface area (Å²) in [5.41, 5.74) is 8.14. The lowest BCUT2D eigenvalue weighted by atomic mass is 9.95. The minimum atomic E-state index is 0. The van der Waals surface area contributed by atoms with E-state index in [2.05, 4.69) is 15.5 Å². The molecule has 1 aromatic heterocycles. The fourth-order valence-corrected chi connectivity index (χ4v) is 4.60. The monoisotopic (exact) mass is 404 g/mol. The lowest BCUT2D eigenvalue weighted by Crippen LogP contribution is -2.29. The van der Waals surface area contributed by atoms with Gasteiger partial charge < -0.3 is 11.1 Å². The van der Waals surface area contributed by atoms with Crippen molar-refractivity contribution in [2.24, 2.45) is 17.6 Å². The van der Waals surface area contributed by atoms with Gasteiger partial charge in [0.25, 0.3) is 0 Å². The zero-order valence-electron chi connectivity index (χ0n) is 12.8. The van der Waals surface area contributed by atoms with Crippen molar-refractivity contribution < 1.29 is 4.79 Å². The van der Waals surface area contributed by atoms with Gasteiger partial charge in [0.2, 0.25) is 5.91 Å². The van der Waals surface area contributed by atoms with Crippen LogP contribution >= 0.6 is 47.1 Å². The van der Waals surface area contributed by atoms with Crippen LogP contribution in [0.15, 0.2) is 32.9 Å². The van der Waals surface area contributed by atoms with E-state index in [1.807, 2.05) is 12.1 Å². The van der Waals surface area contributed by atoms with E-state index in [1.54, 1.807) is 11.6 Å². The molecule has 3 N–H and O–H groups in total. The Bertz CT molecular complexity index is 684. The highest BCUT2D eigenvalue weighted by molar-refractivity contribution is 8.01. The van der Waals surface area contributed by atoms with Gasteiger partial charge in [0.05, 0.1) is 5.02 Å². The number of benzene rings is 1. The number of nitrogens with two attached hydrogens (primary N) is 1. The number of halogens is 2. The minimum Gasteiger partial charge on any atom is -0.330 e. The summed E-state index contributed by atoms with van der Waals surface area (Å²) in [6.07, 6.45) is 3.01. The predicted octanol–water partition coefficient (Wildman–Crippen LogP) is 4.08. The highest BCUT2D eigenvalue weighted by Gasteiger charge is 2.31. The Morgan fingerprint density at radius 1 is 1.46 bits per heavy atom. The standard InChI is InChI=1S/C15H17ClN4OS2.ClH/c16-12-6-10(4-5-13(12)23-15-20-18-8-22-15)19-14(21)11-3-1-2-9(11)7-17;/h4-6,8-9,11H,1-3,7,17H2,(H,19,21);1H/t9-,11-;/m1./s1. The summed E-state index contributed by atoms with van der Waals surface area (Å²) in [6, 6.07) is 5.52. The van der Waals surface area contributed by atoms with Gasteiger partial charge in [-0.3, -0.25) is 4.79 Å². The molecule has 1 fully saturated rings. The molecule has 130 valence electrons. The molecule has 3 rings (SSSR count). The molecule has 1 aromatic carbocycles. The van der Waals surface area contributed by atoms with Crippen LogP contribution in [0.5, 0.6) is 0 Å². The first kappa shape index (κ1) is 19.5. The van der Waals surface area contributed by atoms with Crippen molar-refractivity contribution >= 4 is 58.7 Å². The van der Waals surface area contributed by atoms with Crippen LogP contribution in [0.1, 0.15) is 19.3 Å². The third kappa shape index (κ3) is 4.61. The summed E-state index contributed by atoms with van der Waals surface area (Å²) in [6.45, 7) is 0.566. The van der Waals surface area contributed by atoms with Gasteiger partial charge in [-0.1, -0.05) is 41.1 Å². The number of nitrogens with one attached hydrogen (secondary N) is 1. The van der Waals surface area contributed by atoms with Crippen LogP contribution in [0.25, 0.3) is 0 Å². The molecule has 24 heavy (non-hydrogen) atoms. The zero-order valence-corrected chi connectivity index (χ0v) is 16.0. The first-order chi connectivity index (χ1) is 11.2. The number of carbonyl (C=O) groups excluding carboxylic acids is 1. The molecule has 5 nitrogen and oxygen atoms in total. The first-order valence-electron chi connectivity index (χ1n) is 7.42. The van der Waals surface area contributed by atoms with Crippen molar-refractivity contribution in [2.45, 2.75) is 28.5 Å². The fraction of sp³-hybridized carbons (Fsp3) is 0.400. The summed E-state index contributed by atoms with van der Waals surface area (Å²) in [5.74, 6) is 0.338. The number of aromatic nitrogens is 2. The molecule has 1 aliphatic rings. The van der Waals surface area contributed by atoms with Crippen LogP contribution < -0.4 is 11.1 Å². The van der Waals surface area contributed by atoms with Gasteiger partial charge >= 0.3 is 0 Å². The molecule has 0 spiro atoms. The van der Waals surface area contributed by atoms with Crippen molar-refractivity contribution in [1.82, 2.24) is 10.2 Å². The number of carbonyl (C=O) groups is 1. The van der Waals surface area contributed by atoms with Gasteiger partial charge in [-0.2, -0.15) is 0 Å². The maximum atomic E-state index is 12.4. The average molecular weight is 405 g/mol. The lowest BCUT2D eigenvalue weighted by Gasteiger charge is -2.17. The van der Waals surface area contributed by atoms with Gasteiger partial charge in [0.1, 0.15) is 5.51 Å². The third-order valence-electron chi connectivity index (χ3n) is 4.04. The van der Waals surface area contributed by atoms with E-state index in [4.69, 9.17) is 17.3 Å². The third-order valence-corrected chi connectivity index (χ3v) is 6.31. The number of hydrogen-bond acceptors (Lipinski definition) is 6. The second kappa shape index (κ2) is 9.01. The van der Waals surface area contributed by atoms with Gasteiger partial charge in [0, 0.05) is 16.5 Å². The van der Waals surface area contributed by atoms with E-state index in [0.717, 1.165) is 28.5 Å². The molecule has 0 aliphatic heterocycles. The molecule has 1 amide bonds. The summed E-state index contributed by atoms with van der Waals surface area (Å²) >= 11 is 9.23. The molecule has 0 unspecified atom stereocenters. The summed E-state index contributed by atoms with van der Waals surface area (Å²) in [7, 11) is 0. The fourth-order valence-electron chi connectivity index (χ4n) is 2.86. The van der Waals surface area contributed by atoms with Crippen molar-refractivity contribution in [1.29, 1.82) is 0 Å². The average Bonchev–Trinajstić information content (AvgIpc) is 3.20. The van der Waals surface area contributed by atoms with Gasteiger partial charge in [0.15, 0.2) is 4.34 Å². The SMILES string of the molecule is Cl.NC[C@H]1CCC[C@H]1C(=O)Nc1ccc(Sc2nncs2)c(Cl)c1. The first-order valence-corrected chi connectivity index (χ1v) is 9.49. The summed E-state index contributed by atoms with van der Waals surface area (Å²) in [4.78, 5) is 13.3. The Morgan fingerprint density at radius 3 is 2.96 bits per heavy atom. The van der Waals surface area contributed by atoms with E-state index < -0.39 is 0 Å². The minimum absolute atomic E-state index is 0. The molecule has 2 atom stereocenters. The van der Waals surface area contributed by atoms with Crippen molar-refractivity contribution in [3.63, 3.8) is 0 Å². The van der Waals surface area contributed by atoms with E-state index >= 15 is 0 Å². The molecule has 0 saturated heterocycles. The van der Waals surface area contributed by atoms with Crippen LogP contribution in [-0.2, 0) is 4.79 Å². The molecule has 2 aromatic rings. The van der Waals surface area contributed by atoms with Crippen molar-refractivity contribution in [2.75, 3.05) is 11.9 Å². The maximum absolute atomic E-state index is 12.4. The smallest absolute Gasteiger partial charge is 0.227 e. The second-order valence-corrected chi connectivity index (χ2v) is 8.00. The number of hydrogen-bond donors (Lipinski definition) is 2. The Hall–Kier alpha value is -0.860. The topological polar surface area (TPSA) is 80.9 Å². The Labute approximate surface area is 160 Å². The maximum Gasteiger partial charge on any atom is 0.227 e. The number of nitrogens with zero attached hydrogens (tertiary/aromatic N) is 2. The highest BCUT2D eigenvalue weighted by Crippen LogP contribution is 2.36. The molecule has 1 aliphatic carbocycles. The van der Waals surface area contributed by atoms with E-state index in [-0.39, 0.29) is 30.2 Å². The normalized spacial score (nSPS) is 19.8. The van der Waals surface area contributed by atoms with Gasteiger partial charge in [-0.25, -0.2) is 0 Å². The van der Waals surface area contributed by atoms with Crippen LogP contribution in [0.3, 0.4) is 0 Å². The number of rotatable bonds is 5. The molecule has 1 heterocycles. The Kier molecular flexibility index (Phi) is 7.31. The van der Waals surface area contributed by atoms with Crippen molar-refractivity contribution in [3.8, 4) is 0 Å². The van der Waals surface area contributed by atoms with Crippen LogP contribution in [0.4, 0.5) is 5.69 Å². The van der Waals surface area contributed by atoms with Crippen LogP contribution in [0.2, 0.25) is 5.02 Å². The highest BCUT2D eigenvalue weighted by atomic mass is 35.5. The molecular weight excluding hydrogens is 387 g/mol. The van der Waals surface area contributed by atoms with E-state index in [1.165, 1.54) is 23.1 Å². The lowest BCUT2D eigenvalue weighted by molar-refractivity contribution is -0.120. The number of amides is 1. The molecule has 9 heteroatoms. The molecule has 0 radical (unpaired) electrons. The van der Waals surface area contributed by atoms with Gasteiger partial charge in [-0.15, -0.1) is 22.6 Å². The second-order valence-electron chi connectivity index (χ2n) is 5.47. The Balaban J connectivity index is 0.00000208. The van der Waals surface area contributed by atoms with Crippen LogP contribution in [0, 0.1) is 11.8 Å². The quantitative estimate of drug-likeness (QED) is 0.784. The van der Waals surface area contributed by atoms with Crippen LogP contribution in [-0.4, -0.2) is 22.6 Å². The predicted molar refractivity (Wildman–Crippen MR) is 101 cm³/mol. The summed E-state index contributed by atoms with van der Waals surface area (Å²) < 4.78 is 0.834. The molecule has 1 saturated carbocycles. The van der Waals surface area contributed by atoms with E-state index in [9.17, 15) is 4.79 Å². The van der Waals surface area contributed by atoms with Crippen molar-refractivity contribution in [3.05, 3.63) is 28.7 Å².